The Bertz CT molecular complexity index is 1800. The second kappa shape index (κ2) is 11.9. The highest BCUT2D eigenvalue weighted by Gasteiger charge is 2.62. The van der Waals surface area contributed by atoms with Crippen LogP contribution in [0.3, 0.4) is 0 Å². The number of sulfonamides is 1. The first-order chi connectivity index (χ1) is 21.3. The zero-order valence-electron chi connectivity index (χ0n) is 24.7. The molecule has 1 N–H and O–H groups in total. The van der Waals surface area contributed by atoms with Crippen molar-refractivity contribution in [2.24, 2.45) is 0 Å². The minimum Gasteiger partial charge on any atom is -0.497 e. The van der Waals surface area contributed by atoms with Gasteiger partial charge in [-0.3, -0.25) is 14.7 Å². The Morgan fingerprint density at radius 3 is 2.48 bits per heavy atom. The van der Waals surface area contributed by atoms with E-state index in [1.54, 1.807) is 43.6 Å². The third-order valence-electron chi connectivity index (χ3n) is 8.41. The number of anilines is 1. The van der Waals surface area contributed by atoms with Crippen LogP contribution in [0, 0.1) is 0 Å². The van der Waals surface area contributed by atoms with Crippen LogP contribution in [0.25, 0.3) is 0 Å². The summed E-state index contributed by atoms with van der Waals surface area (Å²) >= 11 is 6.65. The zero-order valence-corrected chi connectivity index (χ0v) is 26.2. The molecule has 1 amide bonds. The second-order valence-corrected chi connectivity index (χ2v) is 13.0. The number of benzene rings is 3. The van der Waals surface area contributed by atoms with Crippen LogP contribution in [0.4, 0.5) is 5.69 Å². The molecule has 11 heteroatoms. The minimum atomic E-state index is -4.38. The van der Waals surface area contributed by atoms with E-state index >= 15 is 4.79 Å². The van der Waals surface area contributed by atoms with Gasteiger partial charge >= 0.3 is 0 Å². The molecule has 3 aromatic carbocycles. The fourth-order valence-corrected chi connectivity index (χ4v) is 8.16. The molecule has 6 rings (SSSR count). The van der Waals surface area contributed by atoms with E-state index in [9.17, 15) is 8.42 Å². The summed E-state index contributed by atoms with van der Waals surface area (Å²) in [7, 11) is 0.519. The van der Waals surface area contributed by atoms with Gasteiger partial charge in [-0.05, 0) is 92.2 Å². The molecule has 1 fully saturated rings. The summed E-state index contributed by atoms with van der Waals surface area (Å²) in [6.45, 7) is 1.04. The van der Waals surface area contributed by atoms with Crippen molar-refractivity contribution in [2.75, 3.05) is 32.1 Å². The maximum absolute atomic E-state index is 15.4. The van der Waals surface area contributed by atoms with Gasteiger partial charge in [0.05, 0.1) is 36.5 Å². The van der Waals surface area contributed by atoms with Gasteiger partial charge in [-0.25, -0.2) is 12.7 Å². The van der Waals surface area contributed by atoms with Crippen molar-refractivity contribution in [2.45, 2.75) is 35.9 Å². The van der Waals surface area contributed by atoms with Crippen molar-refractivity contribution in [3.63, 3.8) is 0 Å². The number of amides is 1. The number of methoxy groups -OCH3 is 2. The molecule has 2 aliphatic rings. The van der Waals surface area contributed by atoms with Crippen LogP contribution in [-0.2, 0) is 26.9 Å². The number of hydrogen-bond acceptors (Lipinski definition) is 8. The molecule has 0 spiro atoms. The first-order valence-electron chi connectivity index (χ1n) is 14.3. The molecule has 2 unspecified atom stereocenters. The van der Waals surface area contributed by atoms with Gasteiger partial charge in [0.2, 0.25) is 0 Å². The van der Waals surface area contributed by atoms with E-state index in [0.29, 0.717) is 40.7 Å². The number of pyridine rings is 1. The van der Waals surface area contributed by atoms with E-state index in [2.05, 4.69) is 15.2 Å². The summed E-state index contributed by atoms with van der Waals surface area (Å²) in [5, 5.41) is 3.55. The van der Waals surface area contributed by atoms with Gasteiger partial charge in [-0.2, -0.15) is 0 Å². The summed E-state index contributed by atoms with van der Waals surface area (Å²) in [5.41, 5.74) is 1.34. The normalized spacial score (nSPS) is 20.1. The molecule has 9 nitrogen and oxygen atoms in total. The molecule has 2 aliphatic heterocycles. The Hall–Kier alpha value is -3.96. The summed E-state index contributed by atoms with van der Waals surface area (Å²) in [4.78, 5) is 22.1. The van der Waals surface area contributed by atoms with E-state index in [0.717, 1.165) is 28.4 Å². The van der Waals surface area contributed by atoms with Gasteiger partial charge < -0.3 is 14.8 Å². The van der Waals surface area contributed by atoms with Crippen LogP contribution in [0.1, 0.15) is 41.3 Å². The molecule has 0 bridgehead atoms. The Labute approximate surface area is 262 Å². The first kappa shape index (κ1) is 30.1. The number of carbonyl (C=O) groups is 1. The number of nitrogens with one attached hydrogen (secondary N) is 1. The molecular formula is C33H33ClN4O5S. The number of rotatable bonds is 9. The third-order valence-corrected chi connectivity index (χ3v) is 10.4. The Morgan fingerprint density at radius 2 is 1.80 bits per heavy atom. The Balaban J connectivity index is 1.67. The number of likely N-dealkylation sites (tertiary alicyclic amines) is 1. The highest BCUT2D eigenvalue weighted by Crippen LogP contribution is 2.56. The molecule has 0 aliphatic carbocycles. The summed E-state index contributed by atoms with van der Waals surface area (Å²) < 4.78 is 41.0. The van der Waals surface area contributed by atoms with Crippen LogP contribution in [0.2, 0.25) is 5.02 Å². The highest BCUT2D eigenvalue weighted by atomic mass is 35.5. The standard InChI is InChI=1S/C33H33ClN4O5S/c1-35-21-22-9-16-31(43-3)27(19-22)33(37-18-6-8-30(37)28-7-4-5-17-36-28)26-20-23(34)10-15-29(26)38(32(33)39)44(40,41)25-13-11-24(42-2)12-14-25/h4-5,7,9-17,19-20,30,35H,6,8,18,21H2,1-3H3. The molecule has 1 saturated heterocycles. The predicted molar refractivity (Wildman–Crippen MR) is 169 cm³/mol. The lowest BCUT2D eigenvalue weighted by molar-refractivity contribution is -0.127. The minimum absolute atomic E-state index is 0.0399. The van der Waals surface area contributed by atoms with E-state index < -0.39 is 21.5 Å². The largest absolute Gasteiger partial charge is 0.497 e. The number of nitrogens with zero attached hydrogens (tertiary/aromatic N) is 3. The highest BCUT2D eigenvalue weighted by molar-refractivity contribution is 7.93. The fourth-order valence-electron chi connectivity index (χ4n) is 6.53. The lowest BCUT2D eigenvalue weighted by Gasteiger charge is -2.42. The van der Waals surface area contributed by atoms with Gasteiger partial charge in [0.1, 0.15) is 11.5 Å². The molecule has 0 radical (unpaired) electrons. The number of halogens is 1. The van der Waals surface area contributed by atoms with Crippen molar-refractivity contribution in [3.05, 3.63) is 112 Å². The van der Waals surface area contributed by atoms with Gasteiger partial charge in [-0.15, -0.1) is 0 Å². The maximum atomic E-state index is 15.4. The number of hydrogen-bond donors (Lipinski definition) is 1. The number of fused-ring (bicyclic) bond motifs is 1. The number of ether oxygens (including phenoxy) is 2. The fraction of sp³-hybridized carbons (Fsp3) is 0.273. The summed E-state index contributed by atoms with van der Waals surface area (Å²) in [5.74, 6) is 0.326. The van der Waals surface area contributed by atoms with Crippen molar-refractivity contribution >= 4 is 33.2 Å². The SMILES string of the molecule is CNCc1ccc(OC)c(C2(N3CCCC3c3ccccn3)C(=O)N(S(=O)(=O)c3ccc(OC)cc3)c3ccc(Cl)cc32)c1. The van der Waals surface area contributed by atoms with Crippen molar-refractivity contribution in [1.29, 1.82) is 0 Å². The van der Waals surface area contributed by atoms with E-state index in [1.165, 1.54) is 19.2 Å². The van der Waals surface area contributed by atoms with Gasteiger partial charge in [-0.1, -0.05) is 23.7 Å². The summed E-state index contributed by atoms with van der Waals surface area (Å²) in [6.07, 6.45) is 3.23. The lowest BCUT2D eigenvalue weighted by Crippen LogP contribution is -2.54. The smallest absolute Gasteiger partial charge is 0.271 e. The Morgan fingerprint density at radius 1 is 1.00 bits per heavy atom. The number of carbonyl (C=O) groups excluding carboxylic acids is 1. The van der Waals surface area contributed by atoms with Gasteiger partial charge in [0, 0.05) is 35.4 Å². The second-order valence-electron chi connectivity index (χ2n) is 10.8. The third kappa shape index (κ3) is 4.73. The molecule has 4 aromatic rings. The van der Waals surface area contributed by atoms with Gasteiger partial charge in [0.25, 0.3) is 15.9 Å². The topological polar surface area (TPSA) is 101 Å². The van der Waals surface area contributed by atoms with E-state index in [-0.39, 0.29) is 16.6 Å². The van der Waals surface area contributed by atoms with Crippen LogP contribution < -0.4 is 19.1 Å². The average molecular weight is 633 g/mol. The average Bonchev–Trinajstić information content (AvgIpc) is 3.63. The molecule has 228 valence electrons. The number of aromatic nitrogens is 1. The van der Waals surface area contributed by atoms with Crippen LogP contribution in [-0.4, -0.2) is 52.0 Å². The molecule has 3 heterocycles. The summed E-state index contributed by atoms with van der Waals surface area (Å²) in [6, 6.07) is 22.0. The van der Waals surface area contributed by atoms with Crippen molar-refractivity contribution in [3.8, 4) is 11.5 Å². The molecular weight excluding hydrogens is 600 g/mol. The molecule has 44 heavy (non-hydrogen) atoms. The molecule has 0 saturated carbocycles. The quantitative estimate of drug-likeness (QED) is 0.266. The maximum Gasteiger partial charge on any atom is 0.271 e. The van der Waals surface area contributed by atoms with Crippen molar-refractivity contribution in [1.82, 2.24) is 15.2 Å². The van der Waals surface area contributed by atoms with Crippen molar-refractivity contribution < 1.29 is 22.7 Å². The lowest BCUT2D eigenvalue weighted by atomic mass is 9.80. The predicted octanol–water partition coefficient (Wildman–Crippen LogP) is 5.29. The van der Waals surface area contributed by atoms with Crippen LogP contribution in [0.15, 0.2) is 90.0 Å². The monoisotopic (exact) mass is 632 g/mol. The van der Waals surface area contributed by atoms with Crippen LogP contribution >= 0.6 is 11.6 Å². The van der Waals surface area contributed by atoms with Crippen LogP contribution in [0.5, 0.6) is 11.5 Å². The molecule has 1 aromatic heterocycles. The zero-order chi connectivity index (χ0) is 31.1. The van der Waals surface area contributed by atoms with E-state index in [4.69, 9.17) is 21.1 Å². The first-order valence-corrected chi connectivity index (χ1v) is 16.1. The molecule has 2 atom stereocenters. The Kier molecular flexibility index (Phi) is 8.10. The van der Waals surface area contributed by atoms with Gasteiger partial charge in [0.15, 0.2) is 5.54 Å². The van der Waals surface area contributed by atoms with E-state index in [1.807, 2.05) is 43.4 Å².